The molecule has 1 aromatic rings. The fraction of sp³-hybridized carbons (Fsp3) is 0.769. The second-order valence-corrected chi connectivity index (χ2v) is 5.27. The van der Waals surface area contributed by atoms with Crippen molar-refractivity contribution in [2.24, 2.45) is 0 Å². The topological polar surface area (TPSA) is 33.1 Å². The largest absolute Gasteiger partial charge is 0.319 e. The van der Waals surface area contributed by atoms with E-state index in [1.807, 2.05) is 13.2 Å². The Hall–Kier alpha value is -0.870. The van der Waals surface area contributed by atoms with Gasteiger partial charge in [0.25, 0.3) is 0 Å². The number of likely N-dealkylation sites (N-methyl/N-ethyl adjacent to an activating group) is 2. The number of hydrogen-bond donors (Lipinski definition) is 1. The van der Waals surface area contributed by atoms with Gasteiger partial charge in [-0.3, -0.25) is 4.68 Å². The lowest BCUT2D eigenvalue weighted by molar-refractivity contribution is 0.202. The lowest BCUT2D eigenvalue weighted by Crippen LogP contribution is -2.33. The quantitative estimate of drug-likeness (QED) is 0.859. The van der Waals surface area contributed by atoms with Crippen LogP contribution in [0.15, 0.2) is 12.4 Å². The van der Waals surface area contributed by atoms with Crippen molar-refractivity contribution in [3.8, 4) is 0 Å². The van der Waals surface area contributed by atoms with Gasteiger partial charge >= 0.3 is 0 Å². The van der Waals surface area contributed by atoms with Crippen molar-refractivity contribution >= 4 is 0 Å². The second kappa shape index (κ2) is 5.65. The number of likely N-dealkylation sites (tertiary alicyclic amines) is 1. The fourth-order valence-electron chi connectivity index (χ4n) is 2.59. The van der Waals surface area contributed by atoms with E-state index in [0.717, 1.165) is 13.1 Å². The standard InChI is InChI=1S/C13H24N4/c1-11(7-14-2)12-8-15-17(9-12)13-5-4-6-16(3)10-13/h8-9,11,13-14H,4-7,10H2,1-3H3. The van der Waals surface area contributed by atoms with E-state index in [2.05, 4.69) is 40.2 Å². The Morgan fingerprint density at radius 2 is 2.41 bits per heavy atom. The summed E-state index contributed by atoms with van der Waals surface area (Å²) in [5.41, 5.74) is 1.34. The molecule has 0 amide bonds. The van der Waals surface area contributed by atoms with Crippen LogP contribution in [0.2, 0.25) is 0 Å². The minimum atomic E-state index is 0.537. The van der Waals surface area contributed by atoms with Crippen LogP contribution in [0, 0.1) is 0 Å². The Kier molecular flexibility index (Phi) is 4.18. The van der Waals surface area contributed by atoms with Crippen LogP contribution < -0.4 is 5.32 Å². The van der Waals surface area contributed by atoms with Gasteiger partial charge in [-0.15, -0.1) is 0 Å². The lowest BCUT2D eigenvalue weighted by Gasteiger charge is -2.29. The molecule has 1 fully saturated rings. The molecular formula is C13H24N4. The molecule has 0 aliphatic carbocycles. The van der Waals surface area contributed by atoms with Gasteiger partial charge in [-0.2, -0.15) is 5.10 Å². The first-order valence-corrected chi connectivity index (χ1v) is 6.58. The van der Waals surface area contributed by atoms with Crippen LogP contribution in [0.5, 0.6) is 0 Å². The van der Waals surface area contributed by atoms with Gasteiger partial charge in [0, 0.05) is 19.3 Å². The third-order valence-corrected chi connectivity index (χ3v) is 3.67. The molecule has 0 aromatic carbocycles. The maximum atomic E-state index is 4.54. The van der Waals surface area contributed by atoms with Gasteiger partial charge in [-0.1, -0.05) is 6.92 Å². The van der Waals surface area contributed by atoms with Crippen LogP contribution in [0.1, 0.15) is 37.3 Å². The third kappa shape index (κ3) is 3.07. The van der Waals surface area contributed by atoms with Gasteiger partial charge in [0.05, 0.1) is 12.2 Å². The van der Waals surface area contributed by atoms with E-state index >= 15 is 0 Å². The van der Waals surface area contributed by atoms with E-state index in [9.17, 15) is 0 Å². The zero-order valence-corrected chi connectivity index (χ0v) is 11.2. The van der Waals surface area contributed by atoms with Crippen LogP contribution >= 0.6 is 0 Å². The minimum absolute atomic E-state index is 0.537. The maximum Gasteiger partial charge on any atom is 0.0646 e. The lowest BCUT2D eigenvalue weighted by atomic mass is 10.0. The molecule has 0 bridgehead atoms. The third-order valence-electron chi connectivity index (χ3n) is 3.67. The molecule has 96 valence electrons. The number of aromatic nitrogens is 2. The van der Waals surface area contributed by atoms with Crippen molar-refractivity contribution in [3.05, 3.63) is 18.0 Å². The monoisotopic (exact) mass is 236 g/mol. The fourth-order valence-corrected chi connectivity index (χ4v) is 2.59. The number of nitrogens with zero attached hydrogens (tertiary/aromatic N) is 3. The number of nitrogens with one attached hydrogen (secondary N) is 1. The number of piperidine rings is 1. The van der Waals surface area contributed by atoms with Gasteiger partial charge < -0.3 is 10.2 Å². The first-order chi connectivity index (χ1) is 8.20. The zero-order valence-electron chi connectivity index (χ0n) is 11.2. The molecule has 2 heterocycles. The van der Waals surface area contributed by atoms with Crippen LogP contribution in [-0.4, -0.2) is 48.4 Å². The van der Waals surface area contributed by atoms with Crippen LogP contribution in [0.4, 0.5) is 0 Å². The smallest absolute Gasteiger partial charge is 0.0646 e. The summed E-state index contributed by atoms with van der Waals surface area (Å²) in [5, 5.41) is 7.76. The van der Waals surface area contributed by atoms with Gasteiger partial charge in [0.1, 0.15) is 0 Å². The first-order valence-electron chi connectivity index (χ1n) is 6.58. The van der Waals surface area contributed by atoms with Crippen molar-refractivity contribution in [2.45, 2.75) is 31.7 Å². The highest BCUT2D eigenvalue weighted by atomic mass is 15.3. The molecule has 0 spiro atoms. The van der Waals surface area contributed by atoms with Crippen LogP contribution in [0.3, 0.4) is 0 Å². The molecule has 2 rings (SSSR count). The Bertz CT molecular complexity index is 347. The molecule has 2 unspecified atom stereocenters. The summed E-state index contributed by atoms with van der Waals surface area (Å²) in [4.78, 5) is 2.40. The predicted molar refractivity (Wildman–Crippen MR) is 70.3 cm³/mol. The predicted octanol–water partition coefficient (Wildman–Crippen LogP) is 1.47. The van der Waals surface area contributed by atoms with E-state index in [4.69, 9.17) is 0 Å². The van der Waals surface area contributed by atoms with E-state index in [1.54, 1.807) is 0 Å². The Labute approximate surface area is 104 Å². The zero-order chi connectivity index (χ0) is 12.3. The highest BCUT2D eigenvalue weighted by Gasteiger charge is 2.20. The van der Waals surface area contributed by atoms with Gasteiger partial charge in [0.2, 0.25) is 0 Å². The average Bonchev–Trinajstić information content (AvgIpc) is 2.78. The molecule has 1 saturated heterocycles. The molecule has 1 N–H and O–H groups in total. The molecule has 1 aliphatic heterocycles. The molecule has 1 aromatic heterocycles. The van der Waals surface area contributed by atoms with E-state index < -0.39 is 0 Å². The summed E-state index contributed by atoms with van der Waals surface area (Å²) in [6, 6.07) is 0.560. The minimum Gasteiger partial charge on any atom is -0.319 e. The Morgan fingerprint density at radius 3 is 3.12 bits per heavy atom. The summed E-state index contributed by atoms with van der Waals surface area (Å²) in [6.07, 6.45) is 6.79. The Balaban J connectivity index is 2.02. The van der Waals surface area contributed by atoms with Crippen molar-refractivity contribution in [2.75, 3.05) is 33.7 Å². The van der Waals surface area contributed by atoms with E-state index in [-0.39, 0.29) is 0 Å². The summed E-state index contributed by atoms with van der Waals surface area (Å²) in [6.45, 7) is 5.60. The number of rotatable bonds is 4. The van der Waals surface area contributed by atoms with Crippen LogP contribution in [0.25, 0.3) is 0 Å². The molecule has 0 radical (unpaired) electrons. The normalized spacial score (nSPS) is 23.8. The van der Waals surface area contributed by atoms with Crippen molar-refractivity contribution in [3.63, 3.8) is 0 Å². The highest BCUT2D eigenvalue weighted by molar-refractivity contribution is 5.11. The number of hydrogen-bond acceptors (Lipinski definition) is 3. The SMILES string of the molecule is CNCC(C)c1cnn(C2CCCN(C)C2)c1. The van der Waals surface area contributed by atoms with E-state index in [1.165, 1.54) is 24.9 Å². The molecule has 4 heteroatoms. The molecule has 2 atom stereocenters. The molecule has 4 nitrogen and oxygen atoms in total. The van der Waals surface area contributed by atoms with Gasteiger partial charge in [-0.05, 0) is 45.0 Å². The van der Waals surface area contributed by atoms with Crippen molar-refractivity contribution < 1.29 is 0 Å². The van der Waals surface area contributed by atoms with E-state index in [0.29, 0.717) is 12.0 Å². The highest BCUT2D eigenvalue weighted by Crippen LogP contribution is 2.22. The maximum absolute atomic E-state index is 4.54. The summed E-state index contributed by atoms with van der Waals surface area (Å²) in [5.74, 6) is 0.537. The van der Waals surface area contributed by atoms with Gasteiger partial charge in [0.15, 0.2) is 0 Å². The molecule has 0 saturated carbocycles. The summed E-state index contributed by atoms with van der Waals surface area (Å²) < 4.78 is 2.16. The molecular weight excluding hydrogens is 212 g/mol. The average molecular weight is 236 g/mol. The second-order valence-electron chi connectivity index (χ2n) is 5.27. The summed E-state index contributed by atoms with van der Waals surface area (Å²) >= 11 is 0. The first kappa shape index (κ1) is 12.6. The van der Waals surface area contributed by atoms with Gasteiger partial charge in [-0.25, -0.2) is 0 Å². The van der Waals surface area contributed by atoms with Crippen molar-refractivity contribution in [1.82, 2.24) is 20.0 Å². The van der Waals surface area contributed by atoms with Crippen molar-refractivity contribution in [1.29, 1.82) is 0 Å². The molecule has 17 heavy (non-hydrogen) atoms. The summed E-state index contributed by atoms with van der Waals surface area (Å²) in [7, 11) is 4.19. The van der Waals surface area contributed by atoms with Crippen LogP contribution in [-0.2, 0) is 0 Å². The Morgan fingerprint density at radius 1 is 1.59 bits per heavy atom. The molecule has 1 aliphatic rings.